The fourth-order valence-electron chi connectivity index (χ4n) is 1.61. The zero-order chi connectivity index (χ0) is 13.7. The quantitative estimate of drug-likeness (QED) is 0.756. The molecule has 0 aliphatic rings. The Labute approximate surface area is 111 Å². The minimum Gasteiger partial charge on any atom is -0.494 e. The number of aromatic nitrogens is 2. The van der Waals surface area contributed by atoms with E-state index in [4.69, 9.17) is 10.5 Å². The molecule has 2 rings (SSSR count). The van der Waals surface area contributed by atoms with Crippen LogP contribution in [0.1, 0.15) is 22.8 Å². The maximum Gasteiger partial charge on any atom is 0.251 e. The summed E-state index contributed by atoms with van der Waals surface area (Å²) in [4.78, 5) is 11.9. The predicted octanol–water partition coefficient (Wildman–Crippen LogP) is 1.32. The van der Waals surface area contributed by atoms with Crippen molar-refractivity contribution in [3.05, 3.63) is 41.6 Å². The molecule has 0 radical (unpaired) electrons. The van der Waals surface area contributed by atoms with Gasteiger partial charge in [-0.2, -0.15) is 5.10 Å². The molecule has 100 valence electrons. The van der Waals surface area contributed by atoms with E-state index in [1.807, 2.05) is 6.92 Å². The molecule has 0 aliphatic heterocycles. The van der Waals surface area contributed by atoms with Crippen molar-refractivity contribution in [2.45, 2.75) is 13.5 Å². The number of nitrogen functional groups attached to an aromatic ring is 1. The Bertz CT molecular complexity index is 548. The largest absolute Gasteiger partial charge is 0.494 e. The van der Waals surface area contributed by atoms with Crippen LogP contribution in [0.3, 0.4) is 0 Å². The minimum absolute atomic E-state index is 0.163. The zero-order valence-electron chi connectivity index (χ0n) is 10.6. The Morgan fingerprint density at radius 3 is 2.74 bits per heavy atom. The summed E-state index contributed by atoms with van der Waals surface area (Å²) in [5, 5.41) is 9.17. The van der Waals surface area contributed by atoms with E-state index in [-0.39, 0.29) is 5.91 Å². The number of benzene rings is 1. The molecule has 6 heteroatoms. The first kappa shape index (κ1) is 12.9. The van der Waals surface area contributed by atoms with Crippen LogP contribution in [-0.2, 0) is 6.54 Å². The number of amides is 1. The summed E-state index contributed by atoms with van der Waals surface area (Å²) < 4.78 is 5.31. The maximum atomic E-state index is 11.9. The number of nitrogens with zero attached hydrogens (tertiary/aromatic N) is 1. The van der Waals surface area contributed by atoms with E-state index >= 15 is 0 Å². The smallest absolute Gasteiger partial charge is 0.251 e. The second-order valence-corrected chi connectivity index (χ2v) is 3.95. The van der Waals surface area contributed by atoms with Crippen LogP contribution in [-0.4, -0.2) is 22.7 Å². The molecule has 4 N–H and O–H groups in total. The van der Waals surface area contributed by atoms with Crippen LogP contribution in [0.25, 0.3) is 0 Å². The fourth-order valence-corrected chi connectivity index (χ4v) is 1.61. The highest BCUT2D eigenvalue weighted by Crippen LogP contribution is 2.12. The van der Waals surface area contributed by atoms with Gasteiger partial charge in [0.2, 0.25) is 0 Å². The lowest BCUT2D eigenvalue weighted by Gasteiger charge is -2.06. The van der Waals surface area contributed by atoms with Crippen LogP contribution in [0.4, 0.5) is 5.82 Å². The third kappa shape index (κ3) is 3.25. The van der Waals surface area contributed by atoms with Gasteiger partial charge in [-0.25, -0.2) is 0 Å². The molecule has 19 heavy (non-hydrogen) atoms. The van der Waals surface area contributed by atoms with Gasteiger partial charge in [-0.3, -0.25) is 9.89 Å². The van der Waals surface area contributed by atoms with Crippen molar-refractivity contribution in [1.82, 2.24) is 15.5 Å². The van der Waals surface area contributed by atoms with Crippen molar-refractivity contribution in [2.24, 2.45) is 0 Å². The molecule has 0 atom stereocenters. The molecule has 1 heterocycles. The highest BCUT2D eigenvalue weighted by atomic mass is 16.5. The Hall–Kier alpha value is -2.50. The van der Waals surface area contributed by atoms with Gasteiger partial charge in [0.1, 0.15) is 11.6 Å². The summed E-state index contributed by atoms with van der Waals surface area (Å²) in [5.74, 6) is 1.05. The first-order valence-electron chi connectivity index (χ1n) is 5.99. The molecule has 0 saturated carbocycles. The molecule has 0 unspecified atom stereocenters. The van der Waals surface area contributed by atoms with Gasteiger partial charge < -0.3 is 15.8 Å². The van der Waals surface area contributed by atoms with Crippen molar-refractivity contribution >= 4 is 11.7 Å². The number of hydrogen-bond donors (Lipinski definition) is 3. The fraction of sp³-hybridized carbons (Fsp3) is 0.231. The van der Waals surface area contributed by atoms with Crippen molar-refractivity contribution in [3.8, 4) is 5.75 Å². The second kappa shape index (κ2) is 5.90. The third-order valence-electron chi connectivity index (χ3n) is 2.62. The zero-order valence-corrected chi connectivity index (χ0v) is 10.6. The molecular formula is C13H16N4O2. The molecule has 1 amide bonds. The monoisotopic (exact) mass is 260 g/mol. The van der Waals surface area contributed by atoms with Crippen LogP contribution < -0.4 is 15.8 Å². The van der Waals surface area contributed by atoms with Gasteiger partial charge in [-0.15, -0.1) is 0 Å². The first-order chi connectivity index (χ1) is 9.20. The van der Waals surface area contributed by atoms with Crippen LogP contribution in [0.5, 0.6) is 5.75 Å². The lowest BCUT2D eigenvalue weighted by atomic mass is 10.2. The average molecular weight is 260 g/mol. The number of nitrogens with one attached hydrogen (secondary N) is 2. The summed E-state index contributed by atoms with van der Waals surface area (Å²) in [6.45, 7) is 2.86. The van der Waals surface area contributed by atoms with E-state index < -0.39 is 0 Å². The molecular weight excluding hydrogens is 244 g/mol. The van der Waals surface area contributed by atoms with Crippen molar-refractivity contribution in [3.63, 3.8) is 0 Å². The molecule has 0 aliphatic carbocycles. The Morgan fingerprint density at radius 1 is 1.42 bits per heavy atom. The summed E-state index contributed by atoms with van der Waals surface area (Å²) in [7, 11) is 0. The highest BCUT2D eigenvalue weighted by molar-refractivity contribution is 5.94. The number of hydrogen-bond acceptors (Lipinski definition) is 4. The standard InChI is InChI=1S/C13H16N4O2/c1-2-19-11-5-3-9(4-6-11)13(18)15-7-10-8-16-17-12(10)14/h3-6,8H,2,7H2,1H3,(H,15,18)(H3,14,16,17). The van der Waals surface area contributed by atoms with E-state index in [9.17, 15) is 4.79 Å². The predicted molar refractivity (Wildman–Crippen MR) is 71.8 cm³/mol. The van der Waals surface area contributed by atoms with E-state index in [1.54, 1.807) is 30.5 Å². The topological polar surface area (TPSA) is 93.0 Å². The molecule has 1 aromatic heterocycles. The summed E-state index contributed by atoms with van der Waals surface area (Å²) in [5.41, 5.74) is 6.97. The number of anilines is 1. The molecule has 2 aromatic rings. The first-order valence-corrected chi connectivity index (χ1v) is 5.99. The van der Waals surface area contributed by atoms with Gasteiger partial charge in [-0.1, -0.05) is 0 Å². The van der Waals surface area contributed by atoms with Gasteiger partial charge in [0.05, 0.1) is 12.8 Å². The second-order valence-electron chi connectivity index (χ2n) is 3.95. The minimum atomic E-state index is -0.163. The van der Waals surface area contributed by atoms with Gasteiger partial charge in [-0.05, 0) is 31.2 Å². The number of carbonyl (C=O) groups excluding carboxylic acids is 1. The Morgan fingerprint density at radius 2 is 2.16 bits per heavy atom. The van der Waals surface area contributed by atoms with E-state index in [1.165, 1.54) is 0 Å². The van der Waals surface area contributed by atoms with E-state index in [0.717, 1.165) is 11.3 Å². The van der Waals surface area contributed by atoms with Gasteiger partial charge in [0.15, 0.2) is 0 Å². The van der Waals surface area contributed by atoms with Crippen LogP contribution >= 0.6 is 0 Å². The Balaban J connectivity index is 1.94. The van der Waals surface area contributed by atoms with Crippen molar-refractivity contribution in [2.75, 3.05) is 12.3 Å². The van der Waals surface area contributed by atoms with Gasteiger partial charge in [0.25, 0.3) is 5.91 Å². The number of H-pyrrole nitrogens is 1. The van der Waals surface area contributed by atoms with Crippen LogP contribution in [0, 0.1) is 0 Å². The molecule has 1 aromatic carbocycles. The third-order valence-corrected chi connectivity index (χ3v) is 2.62. The molecule has 0 saturated heterocycles. The summed E-state index contributed by atoms with van der Waals surface area (Å²) in [6, 6.07) is 6.98. The number of nitrogens with two attached hydrogens (primary N) is 1. The number of aromatic amines is 1. The number of carbonyl (C=O) groups is 1. The lowest BCUT2D eigenvalue weighted by Crippen LogP contribution is -2.22. The normalized spacial score (nSPS) is 10.2. The summed E-state index contributed by atoms with van der Waals surface area (Å²) >= 11 is 0. The SMILES string of the molecule is CCOc1ccc(C(=O)NCc2cn[nH]c2N)cc1. The highest BCUT2D eigenvalue weighted by Gasteiger charge is 2.07. The average Bonchev–Trinajstić information content (AvgIpc) is 2.83. The summed E-state index contributed by atoms with van der Waals surface area (Å²) in [6.07, 6.45) is 1.59. The molecule has 0 fully saturated rings. The molecule has 0 bridgehead atoms. The molecule has 0 spiro atoms. The van der Waals surface area contributed by atoms with Gasteiger partial charge >= 0.3 is 0 Å². The number of rotatable bonds is 5. The van der Waals surface area contributed by atoms with Crippen LogP contribution in [0.2, 0.25) is 0 Å². The van der Waals surface area contributed by atoms with Crippen molar-refractivity contribution < 1.29 is 9.53 Å². The Kier molecular flexibility index (Phi) is 4.02. The van der Waals surface area contributed by atoms with E-state index in [0.29, 0.717) is 24.5 Å². The molecule has 6 nitrogen and oxygen atoms in total. The van der Waals surface area contributed by atoms with E-state index in [2.05, 4.69) is 15.5 Å². The number of ether oxygens (including phenoxy) is 1. The van der Waals surface area contributed by atoms with Crippen LogP contribution in [0.15, 0.2) is 30.5 Å². The lowest BCUT2D eigenvalue weighted by molar-refractivity contribution is 0.0951. The maximum absolute atomic E-state index is 11.9. The van der Waals surface area contributed by atoms with Gasteiger partial charge in [0, 0.05) is 17.7 Å². The van der Waals surface area contributed by atoms with Crippen molar-refractivity contribution in [1.29, 1.82) is 0 Å².